The number of ether oxygens (including phenoxy) is 1. The van der Waals surface area contributed by atoms with Crippen LogP contribution in [-0.4, -0.2) is 22.7 Å². The molecule has 2 N–H and O–H groups in total. The molecule has 18 heavy (non-hydrogen) atoms. The number of amides is 1. The van der Waals surface area contributed by atoms with Gasteiger partial charge in [0.2, 0.25) is 5.91 Å². The fourth-order valence-electron chi connectivity index (χ4n) is 1.35. The highest BCUT2D eigenvalue weighted by atomic mass is 19.1. The molecule has 0 fully saturated rings. The van der Waals surface area contributed by atoms with Gasteiger partial charge >= 0.3 is 0 Å². The molecular weight excluding hydrogens is 237 g/mol. The Kier molecular flexibility index (Phi) is 3.90. The zero-order valence-electron chi connectivity index (χ0n) is 9.52. The van der Waals surface area contributed by atoms with Crippen LogP contribution >= 0.6 is 0 Å². The second-order valence-corrected chi connectivity index (χ2v) is 3.55. The molecule has 0 saturated carbocycles. The first-order valence-electron chi connectivity index (χ1n) is 5.42. The Morgan fingerprint density at radius 3 is 2.94 bits per heavy atom. The number of rotatable bonds is 5. The predicted octanol–water partition coefficient (Wildman–Crippen LogP) is 1.96. The third kappa shape index (κ3) is 3.31. The summed E-state index contributed by atoms with van der Waals surface area (Å²) in [5.41, 5.74) is 0. The molecule has 1 amide bonds. The van der Waals surface area contributed by atoms with Gasteiger partial charge in [0.1, 0.15) is 5.82 Å². The van der Waals surface area contributed by atoms with Crippen LogP contribution in [0.25, 0.3) is 0 Å². The average molecular weight is 249 g/mol. The molecule has 0 saturated heterocycles. The maximum Gasteiger partial charge on any atom is 0.228 e. The summed E-state index contributed by atoms with van der Waals surface area (Å²) in [4.78, 5) is 11.5. The lowest BCUT2D eigenvalue weighted by molar-refractivity contribution is -0.116. The van der Waals surface area contributed by atoms with E-state index in [1.165, 1.54) is 18.3 Å². The number of para-hydroxylation sites is 1. The van der Waals surface area contributed by atoms with Crippen LogP contribution < -0.4 is 10.1 Å². The first-order valence-corrected chi connectivity index (χ1v) is 5.42. The number of hydrogen-bond donors (Lipinski definition) is 2. The number of benzene rings is 1. The number of carbonyl (C=O) groups is 1. The summed E-state index contributed by atoms with van der Waals surface area (Å²) >= 11 is 0. The van der Waals surface area contributed by atoms with Gasteiger partial charge in [-0.25, -0.2) is 4.39 Å². The van der Waals surface area contributed by atoms with Gasteiger partial charge in [0, 0.05) is 6.07 Å². The third-order valence-electron chi connectivity index (χ3n) is 2.20. The van der Waals surface area contributed by atoms with E-state index in [0.717, 1.165) is 0 Å². The standard InChI is InChI=1S/C12H12FN3O2/c13-9-3-1-2-4-10(9)18-8-6-12(17)15-11-5-7-14-16-11/h1-5,7H,6,8H2,(H2,14,15,16,17). The minimum absolute atomic E-state index is 0.112. The van der Waals surface area contributed by atoms with Crippen molar-refractivity contribution in [2.24, 2.45) is 0 Å². The number of hydrogen-bond acceptors (Lipinski definition) is 3. The van der Waals surface area contributed by atoms with Gasteiger partial charge in [0.25, 0.3) is 0 Å². The topological polar surface area (TPSA) is 67.0 Å². The van der Waals surface area contributed by atoms with Crippen molar-refractivity contribution in [3.63, 3.8) is 0 Å². The van der Waals surface area contributed by atoms with E-state index in [4.69, 9.17) is 4.74 Å². The maximum absolute atomic E-state index is 13.2. The van der Waals surface area contributed by atoms with Crippen LogP contribution in [0.2, 0.25) is 0 Å². The molecule has 1 heterocycles. The quantitative estimate of drug-likeness (QED) is 0.851. The van der Waals surface area contributed by atoms with Crippen LogP contribution in [0.3, 0.4) is 0 Å². The Bertz CT molecular complexity index is 514. The van der Waals surface area contributed by atoms with Gasteiger partial charge in [-0.15, -0.1) is 0 Å². The Morgan fingerprint density at radius 1 is 1.39 bits per heavy atom. The molecule has 94 valence electrons. The molecule has 0 radical (unpaired) electrons. The minimum atomic E-state index is -0.438. The zero-order valence-corrected chi connectivity index (χ0v) is 9.52. The Hall–Kier alpha value is -2.37. The fourth-order valence-corrected chi connectivity index (χ4v) is 1.35. The summed E-state index contributed by atoms with van der Waals surface area (Å²) in [5, 5.41) is 8.89. The molecule has 0 unspecified atom stereocenters. The zero-order chi connectivity index (χ0) is 12.8. The van der Waals surface area contributed by atoms with Gasteiger partial charge in [-0.05, 0) is 12.1 Å². The summed E-state index contributed by atoms with van der Waals surface area (Å²) < 4.78 is 18.3. The smallest absolute Gasteiger partial charge is 0.228 e. The number of anilines is 1. The predicted molar refractivity (Wildman–Crippen MR) is 63.7 cm³/mol. The molecule has 0 aliphatic carbocycles. The highest BCUT2D eigenvalue weighted by molar-refractivity contribution is 5.89. The largest absolute Gasteiger partial charge is 0.490 e. The highest BCUT2D eigenvalue weighted by Gasteiger charge is 2.05. The van der Waals surface area contributed by atoms with Gasteiger partial charge in [0.15, 0.2) is 11.6 Å². The molecule has 0 aliphatic rings. The van der Waals surface area contributed by atoms with Crippen molar-refractivity contribution < 1.29 is 13.9 Å². The number of aromatic amines is 1. The average Bonchev–Trinajstić information content (AvgIpc) is 2.84. The van der Waals surface area contributed by atoms with Crippen LogP contribution in [0.1, 0.15) is 6.42 Å². The number of nitrogens with one attached hydrogen (secondary N) is 2. The first kappa shape index (κ1) is 12.1. The lowest BCUT2D eigenvalue weighted by Gasteiger charge is -2.06. The van der Waals surface area contributed by atoms with Gasteiger partial charge in [-0.2, -0.15) is 5.10 Å². The lowest BCUT2D eigenvalue weighted by Crippen LogP contribution is -2.15. The van der Waals surface area contributed by atoms with E-state index in [1.807, 2.05) is 0 Å². The summed E-state index contributed by atoms with van der Waals surface area (Å²) in [7, 11) is 0. The molecule has 1 aromatic carbocycles. The summed E-state index contributed by atoms with van der Waals surface area (Å²) in [6, 6.07) is 7.70. The van der Waals surface area contributed by atoms with Crippen molar-refractivity contribution in [3.8, 4) is 5.75 Å². The van der Waals surface area contributed by atoms with Crippen molar-refractivity contribution in [2.75, 3.05) is 11.9 Å². The van der Waals surface area contributed by atoms with Crippen LogP contribution in [0.15, 0.2) is 36.5 Å². The van der Waals surface area contributed by atoms with Crippen molar-refractivity contribution in [1.29, 1.82) is 0 Å². The summed E-state index contributed by atoms with van der Waals surface area (Å²) in [6.45, 7) is 0.112. The van der Waals surface area contributed by atoms with Crippen molar-refractivity contribution in [1.82, 2.24) is 10.2 Å². The Balaban J connectivity index is 1.75. The second-order valence-electron chi connectivity index (χ2n) is 3.55. The molecule has 2 aromatic rings. The summed E-state index contributed by atoms with van der Waals surface area (Å²) in [6.07, 6.45) is 1.67. The van der Waals surface area contributed by atoms with Crippen molar-refractivity contribution in [3.05, 3.63) is 42.3 Å². The van der Waals surface area contributed by atoms with Crippen LogP contribution in [-0.2, 0) is 4.79 Å². The number of halogens is 1. The molecule has 0 spiro atoms. The first-order chi connectivity index (χ1) is 8.75. The van der Waals surface area contributed by atoms with Gasteiger partial charge in [-0.3, -0.25) is 9.89 Å². The highest BCUT2D eigenvalue weighted by Crippen LogP contribution is 2.15. The van der Waals surface area contributed by atoms with Gasteiger partial charge in [-0.1, -0.05) is 12.1 Å². The van der Waals surface area contributed by atoms with Gasteiger partial charge in [0.05, 0.1) is 19.2 Å². The van der Waals surface area contributed by atoms with Crippen molar-refractivity contribution >= 4 is 11.7 Å². The number of nitrogens with zero attached hydrogens (tertiary/aromatic N) is 1. The lowest BCUT2D eigenvalue weighted by atomic mass is 10.3. The molecular formula is C12H12FN3O2. The van der Waals surface area contributed by atoms with E-state index in [1.54, 1.807) is 18.2 Å². The minimum Gasteiger partial charge on any atom is -0.490 e. The second kappa shape index (κ2) is 5.81. The molecule has 6 heteroatoms. The number of aromatic nitrogens is 2. The SMILES string of the molecule is O=C(CCOc1ccccc1F)Nc1ccn[nH]1. The van der Waals surface area contributed by atoms with E-state index < -0.39 is 5.82 Å². The maximum atomic E-state index is 13.2. The van der Waals surface area contributed by atoms with Crippen LogP contribution in [0, 0.1) is 5.82 Å². The molecule has 5 nitrogen and oxygen atoms in total. The van der Waals surface area contributed by atoms with E-state index in [-0.39, 0.29) is 24.7 Å². The molecule has 0 bridgehead atoms. The van der Waals surface area contributed by atoms with E-state index in [0.29, 0.717) is 5.82 Å². The Labute approximate surface area is 103 Å². The Morgan fingerprint density at radius 2 is 2.22 bits per heavy atom. The molecule has 2 rings (SSSR count). The fraction of sp³-hybridized carbons (Fsp3) is 0.167. The molecule has 0 atom stereocenters. The van der Waals surface area contributed by atoms with Crippen LogP contribution in [0.5, 0.6) is 5.75 Å². The monoisotopic (exact) mass is 249 g/mol. The molecule has 0 aliphatic heterocycles. The van der Waals surface area contributed by atoms with Crippen LogP contribution in [0.4, 0.5) is 10.2 Å². The van der Waals surface area contributed by atoms with Gasteiger partial charge < -0.3 is 10.1 Å². The number of H-pyrrole nitrogens is 1. The van der Waals surface area contributed by atoms with E-state index >= 15 is 0 Å². The third-order valence-corrected chi connectivity index (χ3v) is 2.20. The van der Waals surface area contributed by atoms with Crippen molar-refractivity contribution in [2.45, 2.75) is 6.42 Å². The normalized spacial score (nSPS) is 10.1. The molecule has 1 aromatic heterocycles. The van der Waals surface area contributed by atoms with E-state index in [9.17, 15) is 9.18 Å². The summed E-state index contributed by atoms with van der Waals surface area (Å²) in [5.74, 6) is -0.000188. The number of carbonyl (C=O) groups excluding carboxylic acids is 1. The van der Waals surface area contributed by atoms with E-state index in [2.05, 4.69) is 15.5 Å².